The van der Waals surface area contributed by atoms with E-state index >= 15 is 0 Å². The van der Waals surface area contributed by atoms with Crippen molar-refractivity contribution in [1.82, 2.24) is 19.5 Å². The van der Waals surface area contributed by atoms with Gasteiger partial charge in [-0.15, -0.1) is 11.6 Å². The minimum Gasteiger partial charge on any atom is -0.479 e. The van der Waals surface area contributed by atoms with Crippen LogP contribution in [0.1, 0.15) is 11.4 Å². The molecule has 0 aliphatic carbocycles. The van der Waals surface area contributed by atoms with Crippen LogP contribution >= 0.6 is 11.6 Å². The number of hydrogen-bond donors (Lipinski definition) is 0. The number of hydrogen-bond acceptors (Lipinski definition) is 4. The van der Waals surface area contributed by atoms with Crippen LogP contribution in [0.2, 0.25) is 0 Å². The molecule has 0 bridgehead atoms. The summed E-state index contributed by atoms with van der Waals surface area (Å²) in [6.45, 7) is 1.83. The Labute approximate surface area is 125 Å². The van der Waals surface area contributed by atoms with Gasteiger partial charge in [0.15, 0.2) is 11.2 Å². The van der Waals surface area contributed by atoms with Crippen molar-refractivity contribution in [2.75, 3.05) is 7.11 Å². The Morgan fingerprint density at radius 2 is 2.14 bits per heavy atom. The molecule has 21 heavy (non-hydrogen) atoms. The largest absolute Gasteiger partial charge is 0.479 e. The van der Waals surface area contributed by atoms with E-state index in [1.807, 2.05) is 13.0 Å². The van der Waals surface area contributed by atoms with Crippen LogP contribution in [0.15, 0.2) is 24.5 Å². The van der Waals surface area contributed by atoms with Crippen LogP contribution in [0.25, 0.3) is 16.9 Å². The van der Waals surface area contributed by atoms with Crippen molar-refractivity contribution in [1.29, 1.82) is 0 Å². The van der Waals surface area contributed by atoms with Crippen LogP contribution in [0.5, 0.6) is 5.88 Å². The van der Waals surface area contributed by atoms with Gasteiger partial charge in [-0.25, -0.2) is 14.4 Å². The normalized spacial score (nSPS) is 11.0. The molecule has 5 nitrogen and oxygen atoms in total. The summed E-state index contributed by atoms with van der Waals surface area (Å²) in [6.07, 6.45) is 1.35. The maximum absolute atomic E-state index is 14.3. The molecule has 1 aromatic carbocycles. The van der Waals surface area contributed by atoms with Crippen molar-refractivity contribution in [2.45, 2.75) is 12.8 Å². The summed E-state index contributed by atoms with van der Waals surface area (Å²) in [4.78, 5) is 12.5. The lowest BCUT2D eigenvalue weighted by Gasteiger charge is -2.09. The van der Waals surface area contributed by atoms with Crippen molar-refractivity contribution in [3.05, 3.63) is 41.7 Å². The van der Waals surface area contributed by atoms with Crippen molar-refractivity contribution in [2.24, 2.45) is 0 Å². The maximum Gasteiger partial charge on any atom is 0.245 e. The Bertz CT molecular complexity index is 818. The fourth-order valence-corrected chi connectivity index (χ4v) is 2.38. The van der Waals surface area contributed by atoms with E-state index in [1.165, 1.54) is 19.5 Å². The molecule has 0 amide bonds. The maximum atomic E-state index is 14.3. The average molecular weight is 307 g/mol. The SMILES string of the molecule is COc1ncnc2c1nc(CCl)n2-c1ccc(C)cc1F. The molecule has 2 heterocycles. The van der Waals surface area contributed by atoms with Crippen molar-refractivity contribution in [3.8, 4) is 11.6 Å². The van der Waals surface area contributed by atoms with Gasteiger partial charge < -0.3 is 4.74 Å². The zero-order chi connectivity index (χ0) is 15.0. The molecule has 0 radical (unpaired) electrons. The zero-order valence-corrected chi connectivity index (χ0v) is 12.2. The molecule has 0 atom stereocenters. The highest BCUT2D eigenvalue weighted by molar-refractivity contribution is 6.17. The first-order valence-electron chi connectivity index (χ1n) is 6.24. The molecule has 0 unspecified atom stereocenters. The van der Waals surface area contributed by atoms with Crippen LogP contribution in [0.4, 0.5) is 4.39 Å². The Kier molecular flexibility index (Phi) is 3.47. The second-order valence-corrected chi connectivity index (χ2v) is 4.77. The number of methoxy groups -OCH3 is 1. The number of imidazole rings is 1. The van der Waals surface area contributed by atoms with Crippen LogP contribution in [-0.4, -0.2) is 26.6 Å². The predicted octanol–water partition coefficient (Wildman–Crippen LogP) is 3.01. The average Bonchev–Trinajstić information content (AvgIpc) is 2.85. The summed E-state index contributed by atoms with van der Waals surface area (Å²) >= 11 is 5.94. The quantitative estimate of drug-likeness (QED) is 0.698. The van der Waals surface area contributed by atoms with Crippen LogP contribution in [0.3, 0.4) is 0 Å². The lowest BCUT2D eigenvalue weighted by atomic mass is 10.2. The van der Waals surface area contributed by atoms with E-state index in [0.717, 1.165) is 5.56 Å². The molecule has 3 aromatic rings. The van der Waals surface area contributed by atoms with Crippen LogP contribution in [0, 0.1) is 12.7 Å². The van der Waals surface area contributed by atoms with Gasteiger partial charge in [0.25, 0.3) is 0 Å². The minimum absolute atomic E-state index is 0.118. The van der Waals surface area contributed by atoms with Gasteiger partial charge in [0.1, 0.15) is 18.0 Å². The molecule has 3 rings (SSSR count). The standard InChI is InChI=1S/C14H12ClFN4O/c1-8-3-4-10(9(16)5-8)20-11(6-15)19-12-13(20)17-7-18-14(12)21-2/h3-5,7H,6H2,1-2H3. The molecule has 108 valence electrons. The number of aromatic nitrogens is 4. The minimum atomic E-state index is -0.363. The van der Waals surface area contributed by atoms with E-state index in [1.54, 1.807) is 10.6 Å². The van der Waals surface area contributed by atoms with Crippen molar-refractivity contribution < 1.29 is 9.13 Å². The topological polar surface area (TPSA) is 52.8 Å². The van der Waals surface area contributed by atoms with E-state index in [4.69, 9.17) is 16.3 Å². The lowest BCUT2D eigenvalue weighted by molar-refractivity contribution is 0.401. The van der Waals surface area contributed by atoms with Gasteiger partial charge in [0, 0.05) is 0 Å². The summed E-state index contributed by atoms with van der Waals surface area (Å²) in [5.74, 6) is 0.566. The van der Waals surface area contributed by atoms with Gasteiger partial charge in [-0.1, -0.05) is 6.07 Å². The highest BCUT2D eigenvalue weighted by Crippen LogP contribution is 2.27. The summed E-state index contributed by atoms with van der Waals surface area (Å²) in [5.41, 5.74) is 2.09. The van der Waals surface area contributed by atoms with Crippen LogP contribution in [-0.2, 0) is 5.88 Å². The number of ether oxygens (including phenoxy) is 1. The van der Waals surface area contributed by atoms with Gasteiger partial charge in [0.05, 0.1) is 18.7 Å². The fourth-order valence-electron chi connectivity index (χ4n) is 2.20. The van der Waals surface area contributed by atoms with E-state index in [2.05, 4.69) is 15.0 Å². The first kappa shape index (κ1) is 13.8. The van der Waals surface area contributed by atoms with E-state index < -0.39 is 0 Å². The summed E-state index contributed by atoms with van der Waals surface area (Å²) < 4.78 is 21.0. The number of alkyl halides is 1. The number of rotatable bonds is 3. The first-order chi connectivity index (χ1) is 10.2. The fraction of sp³-hybridized carbons (Fsp3) is 0.214. The zero-order valence-electron chi connectivity index (χ0n) is 11.5. The number of halogens is 2. The third-order valence-electron chi connectivity index (χ3n) is 3.14. The van der Waals surface area contributed by atoms with Gasteiger partial charge in [0.2, 0.25) is 5.88 Å². The molecular weight excluding hydrogens is 295 g/mol. The molecule has 0 aliphatic rings. The smallest absolute Gasteiger partial charge is 0.245 e. The predicted molar refractivity (Wildman–Crippen MR) is 77.5 cm³/mol. The van der Waals surface area contributed by atoms with Crippen LogP contribution < -0.4 is 4.74 Å². The molecule has 0 aliphatic heterocycles. The number of benzene rings is 1. The summed E-state index contributed by atoms with van der Waals surface area (Å²) in [5, 5.41) is 0. The third-order valence-corrected chi connectivity index (χ3v) is 3.38. The molecule has 0 spiro atoms. The molecule has 0 saturated carbocycles. The Hall–Kier alpha value is -2.21. The van der Waals surface area contributed by atoms with E-state index in [0.29, 0.717) is 28.6 Å². The molecule has 0 fully saturated rings. The summed E-state index contributed by atoms with van der Waals surface area (Å²) in [6, 6.07) is 4.95. The number of nitrogens with zero attached hydrogens (tertiary/aromatic N) is 4. The monoisotopic (exact) mass is 306 g/mol. The second-order valence-electron chi connectivity index (χ2n) is 4.51. The molecule has 0 N–H and O–H groups in total. The van der Waals surface area contributed by atoms with E-state index in [-0.39, 0.29) is 11.7 Å². The Morgan fingerprint density at radius 3 is 2.81 bits per heavy atom. The second kappa shape index (κ2) is 5.29. The highest BCUT2D eigenvalue weighted by Gasteiger charge is 2.19. The van der Waals surface area contributed by atoms with Gasteiger partial charge >= 0.3 is 0 Å². The first-order valence-corrected chi connectivity index (χ1v) is 6.78. The Balaban J connectivity index is 2.35. The molecule has 2 aromatic heterocycles. The molecular formula is C14H12ClFN4O. The van der Waals surface area contributed by atoms with Gasteiger partial charge in [-0.2, -0.15) is 4.98 Å². The molecule has 0 saturated heterocycles. The van der Waals surface area contributed by atoms with E-state index in [9.17, 15) is 4.39 Å². The Morgan fingerprint density at radius 1 is 1.33 bits per heavy atom. The van der Waals surface area contributed by atoms with Gasteiger partial charge in [-0.3, -0.25) is 4.57 Å². The summed E-state index contributed by atoms with van der Waals surface area (Å²) in [7, 11) is 1.49. The number of fused-ring (bicyclic) bond motifs is 1. The molecule has 7 heteroatoms. The van der Waals surface area contributed by atoms with Gasteiger partial charge in [-0.05, 0) is 24.6 Å². The third kappa shape index (κ3) is 2.21. The van der Waals surface area contributed by atoms with Crippen molar-refractivity contribution in [3.63, 3.8) is 0 Å². The lowest BCUT2D eigenvalue weighted by Crippen LogP contribution is -2.03. The number of aryl methyl sites for hydroxylation is 1. The van der Waals surface area contributed by atoms with Crippen molar-refractivity contribution >= 4 is 22.8 Å². The highest BCUT2D eigenvalue weighted by atomic mass is 35.5.